The lowest BCUT2D eigenvalue weighted by Crippen LogP contribution is -2.16. The monoisotopic (exact) mass is 249 g/mol. The summed E-state index contributed by atoms with van der Waals surface area (Å²) in [5.41, 5.74) is 1.86. The van der Waals surface area contributed by atoms with Crippen molar-refractivity contribution in [3.05, 3.63) is 29.6 Å². The van der Waals surface area contributed by atoms with Crippen molar-refractivity contribution in [1.29, 1.82) is 0 Å². The fourth-order valence-corrected chi connectivity index (χ4v) is 2.18. The molecule has 1 fully saturated rings. The van der Waals surface area contributed by atoms with Crippen LogP contribution in [0.3, 0.4) is 0 Å². The van der Waals surface area contributed by atoms with E-state index < -0.39 is 0 Å². The lowest BCUT2D eigenvalue weighted by Gasteiger charge is -2.21. The minimum absolute atomic E-state index is 0.214. The van der Waals surface area contributed by atoms with Crippen molar-refractivity contribution >= 4 is 5.97 Å². The fourth-order valence-electron chi connectivity index (χ4n) is 2.18. The van der Waals surface area contributed by atoms with E-state index >= 15 is 0 Å². The minimum Gasteiger partial charge on any atom is -0.466 e. The van der Waals surface area contributed by atoms with Gasteiger partial charge in [-0.2, -0.15) is 0 Å². The number of aromatic nitrogens is 1. The highest BCUT2D eigenvalue weighted by Gasteiger charge is 2.17. The summed E-state index contributed by atoms with van der Waals surface area (Å²) in [5, 5.41) is 0. The van der Waals surface area contributed by atoms with E-state index in [0.29, 0.717) is 12.5 Å². The van der Waals surface area contributed by atoms with E-state index in [2.05, 4.69) is 4.98 Å². The van der Waals surface area contributed by atoms with Crippen molar-refractivity contribution in [3.8, 4) is 0 Å². The molecule has 0 atom stereocenters. The van der Waals surface area contributed by atoms with Gasteiger partial charge in [-0.1, -0.05) is 6.07 Å². The van der Waals surface area contributed by atoms with Crippen LogP contribution in [0.25, 0.3) is 0 Å². The number of carbonyl (C=O) groups excluding carboxylic acids is 1. The second-order valence-electron chi connectivity index (χ2n) is 4.42. The Hall–Kier alpha value is -1.42. The summed E-state index contributed by atoms with van der Waals surface area (Å²) in [7, 11) is 0. The predicted octanol–water partition coefficient (Wildman–Crippen LogP) is 2.08. The number of nitrogens with zero attached hydrogens (tertiary/aromatic N) is 1. The first kappa shape index (κ1) is 13.0. The molecule has 0 aromatic carbocycles. The number of carbonyl (C=O) groups is 1. The van der Waals surface area contributed by atoms with Gasteiger partial charge in [-0.25, -0.2) is 0 Å². The summed E-state index contributed by atoms with van der Waals surface area (Å²) in [5.74, 6) is 0.245. The van der Waals surface area contributed by atoms with Gasteiger partial charge in [0.15, 0.2) is 0 Å². The number of esters is 1. The molecule has 0 saturated carbocycles. The van der Waals surface area contributed by atoms with Gasteiger partial charge >= 0.3 is 5.97 Å². The Kier molecular flexibility index (Phi) is 4.70. The molecule has 1 saturated heterocycles. The largest absolute Gasteiger partial charge is 0.466 e. The van der Waals surface area contributed by atoms with Crippen LogP contribution in [0.1, 0.15) is 37.1 Å². The zero-order valence-electron chi connectivity index (χ0n) is 10.7. The third-order valence-electron chi connectivity index (χ3n) is 3.10. The molecular formula is C14H19NO3. The van der Waals surface area contributed by atoms with E-state index in [1.165, 1.54) is 0 Å². The molecule has 0 bridgehead atoms. The fraction of sp³-hybridized carbons (Fsp3) is 0.571. The quantitative estimate of drug-likeness (QED) is 0.767. The Labute approximate surface area is 107 Å². The van der Waals surface area contributed by atoms with Gasteiger partial charge in [0.2, 0.25) is 0 Å². The Morgan fingerprint density at radius 3 is 2.94 bits per heavy atom. The number of hydrogen-bond acceptors (Lipinski definition) is 4. The molecule has 0 amide bonds. The topological polar surface area (TPSA) is 48.4 Å². The van der Waals surface area contributed by atoms with Crippen molar-refractivity contribution in [1.82, 2.24) is 4.98 Å². The van der Waals surface area contributed by atoms with E-state index in [1.54, 1.807) is 0 Å². The normalized spacial score (nSPS) is 16.5. The molecule has 0 radical (unpaired) electrons. The molecule has 2 heterocycles. The van der Waals surface area contributed by atoms with Crippen LogP contribution in [0.15, 0.2) is 18.2 Å². The Morgan fingerprint density at radius 1 is 1.44 bits per heavy atom. The summed E-state index contributed by atoms with van der Waals surface area (Å²) in [6, 6.07) is 5.87. The molecule has 0 unspecified atom stereocenters. The van der Waals surface area contributed by atoms with Crippen molar-refractivity contribution in [2.75, 3.05) is 19.8 Å². The number of hydrogen-bond donors (Lipinski definition) is 0. The van der Waals surface area contributed by atoms with Crippen molar-refractivity contribution in [2.24, 2.45) is 0 Å². The first-order valence-electron chi connectivity index (χ1n) is 6.48. The molecule has 1 aliphatic rings. The highest BCUT2D eigenvalue weighted by Crippen LogP contribution is 2.25. The van der Waals surface area contributed by atoms with Crippen LogP contribution in [-0.2, 0) is 20.7 Å². The highest BCUT2D eigenvalue weighted by molar-refractivity contribution is 5.71. The standard InChI is InChI=1S/C14H19NO3/c1-2-18-14(16)10-12-4-3-5-13(15-12)11-6-8-17-9-7-11/h3-5,11H,2,6-10H2,1H3. The second-order valence-corrected chi connectivity index (χ2v) is 4.42. The van der Waals surface area contributed by atoms with Gasteiger partial charge < -0.3 is 9.47 Å². The second kappa shape index (κ2) is 6.50. The lowest BCUT2D eigenvalue weighted by atomic mass is 9.96. The van der Waals surface area contributed by atoms with Crippen LogP contribution in [-0.4, -0.2) is 30.8 Å². The number of ether oxygens (including phenoxy) is 2. The van der Waals surface area contributed by atoms with E-state index in [1.807, 2.05) is 25.1 Å². The van der Waals surface area contributed by atoms with Crippen LogP contribution < -0.4 is 0 Å². The lowest BCUT2D eigenvalue weighted by molar-refractivity contribution is -0.142. The van der Waals surface area contributed by atoms with Crippen molar-refractivity contribution < 1.29 is 14.3 Å². The Balaban J connectivity index is 2.02. The highest BCUT2D eigenvalue weighted by atomic mass is 16.5. The van der Waals surface area contributed by atoms with E-state index in [0.717, 1.165) is 37.4 Å². The first-order chi connectivity index (χ1) is 8.79. The smallest absolute Gasteiger partial charge is 0.311 e. The third kappa shape index (κ3) is 3.53. The maximum Gasteiger partial charge on any atom is 0.311 e. The molecule has 1 aromatic rings. The maximum absolute atomic E-state index is 11.4. The average molecular weight is 249 g/mol. The van der Waals surface area contributed by atoms with Crippen LogP contribution in [0.2, 0.25) is 0 Å². The number of pyridine rings is 1. The van der Waals surface area contributed by atoms with E-state index in [9.17, 15) is 4.79 Å². The summed E-state index contributed by atoms with van der Waals surface area (Å²) in [6.07, 6.45) is 2.27. The van der Waals surface area contributed by atoms with Gasteiger partial charge in [0, 0.05) is 24.8 Å². The van der Waals surface area contributed by atoms with Gasteiger partial charge in [0.1, 0.15) is 0 Å². The molecule has 0 aliphatic carbocycles. The molecule has 0 spiro atoms. The summed E-state index contributed by atoms with van der Waals surface area (Å²) >= 11 is 0. The SMILES string of the molecule is CCOC(=O)Cc1cccc(C2CCOCC2)n1. The zero-order chi connectivity index (χ0) is 12.8. The molecule has 2 rings (SSSR count). The average Bonchev–Trinajstić information content (AvgIpc) is 2.40. The molecule has 1 aromatic heterocycles. The first-order valence-corrected chi connectivity index (χ1v) is 6.48. The van der Waals surface area contributed by atoms with Gasteiger partial charge in [0.25, 0.3) is 0 Å². The Bertz CT molecular complexity index is 400. The van der Waals surface area contributed by atoms with Gasteiger partial charge in [0.05, 0.1) is 18.7 Å². The van der Waals surface area contributed by atoms with Crippen LogP contribution in [0.4, 0.5) is 0 Å². The molecule has 0 N–H and O–H groups in total. The summed E-state index contributed by atoms with van der Waals surface area (Å²) < 4.78 is 10.3. The van der Waals surface area contributed by atoms with Gasteiger partial charge in [-0.05, 0) is 31.9 Å². The molecule has 98 valence electrons. The van der Waals surface area contributed by atoms with Crippen molar-refractivity contribution in [3.63, 3.8) is 0 Å². The van der Waals surface area contributed by atoms with Gasteiger partial charge in [-0.15, -0.1) is 0 Å². The molecule has 4 heteroatoms. The molecular weight excluding hydrogens is 230 g/mol. The van der Waals surface area contributed by atoms with Crippen LogP contribution >= 0.6 is 0 Å². The predicted molar refractivity (Wildman–Crippen MR) is 67.4 cm³/mol. The number of rotatable bonds is 4. The van der Waals surface area contributed by atoms with Crippen molar-refractivity contribution in [2.45, 2.75) is 32.1 Å². The van der Waals surface area contributed by atoms with E-state index in [4.69, 9.17) is 9.47 Å². The third-order valence-corrected chi connectivity index (χ3v) is 3.10. The minimum atomic E-state index is -0.214. The van der Waals surface area contributed by atoms with Crippen LogP contribution in [0.5, 0.6) is 0 Å². The zero-order valence-corrected chi connectivity index (χ0v) is 10.7. The summed E-state index contributed by atoms with van der Waals surface area (Å²) in [6.45, 7) is 3.82. The molecule has 1 aliphatic heterocycles. The van der Waals surface area contributed by atoms with Crippen LogP contribution in [0, 0.1) is 0 Å². The maximum atomic E-state index is 11.4. The summed E-state index contributed by atoms with van der Waals surface area (Å²) in [4.78, 5) is 16.0. The van der Waals surface area contributed by atoms with Gasteiger partial charge in [-0.3, -0.25) is 9.78 Å². The molecule has 18 heavy (non-hydrogen) atoms. The van der Waals surface area contributed by atoms with E-state index in [-0.39, 0.29) is 12.4 Å². The molecule has 4 nitrogen and oxygen atoms in total. The Morgan fingerprint density at radius 2 is 2.22 bits per heavy atom.